The summed E-state index contributed by atoms with van der Waals surface area (Å²) in [6.45, 7) is 1.10. The van der Waals surface area contributed by atoms with Gasteiger partial charge in [0.25, 0.3) is 10.0 Å². The molecule has 0 spiro atoms. The van der Waals surface area contributed by atoms with Gasteiger partial charge in [0.05, 0.1) is 48.8 Å². The summed E-state index contributed by atoms with van der Waals surface area (Å²) in [6, 6.07) is 21.2. The highest BCUT2D eigenvalue weighted by molar-refractivity contribution is 7.93. The molecule has 0 aliphatic rings. The SMILES string of the molecule is COc1ccccc1N(CC(O)CN(c1cccc(C)c1)S(C)(=O)=O)S(=O)(=O)c1ccccc1. The molecule has 3 aromatic carbocycles. The van der Waals surface area contributed by atoms with Crippen LogP contribution in [0.2, 0.25) is 0 Å². The second-order valence-corrected chi connectivity index (χ2v) is 11.6. The highest BCUT2D eigenvalue weighted by atomic mass is 32.2. The van der Waals surface area contributed by atoms with Crippen molar-refractivity contribution in [2.24, 2.45) is 0 Å². The summed E-state index contributed by atoms with van der Waals surface area (Å²) in [4.78, 5) is 0.0340. The normalized spacial score (nSPS) is 12.7. The Hall–Kier alpha value is -3.08. The minimum atomic E-state index is -4.10. The van der Waals surface area contributed by atoms with Crippen LogP contribution < -0.4 is 13.3 Å². The summed E-state index contributed by atoms with van der Waals surface area (Å²) in [6.07, 6.45) is -0.306. The van der Waals surface area contributed by atoms with Gasteiger partial charge in [-0.25, -0.2) is 16.8 Å². The Morgan fingerprint density at radius 2 is 1.47 bits per heavy atom. The Morgan fingerprint density at radius 3 is 2.09 bits per heavy atom. The molecule has 0 radical (unpaired) electrons. The van der Waals surface area contributed by atoms with Crippen LogP contribution in [0.3, 0.4) is 0 Å². The van der Waals surface area contributed by atoms with Gasteiger partial charge in [-0.1, -0.05) is 42.5 Å². The molecule has 0 bridgehead atoms. The van der Waals surface area contributed by atoms with Gasteiger partial charge < -0.3 is 9.84 Å². The van der Waals surface area contributed by atoms with Crippen molar-refractivity contribution in [3.63, 3.8) is 0 Å². The lowest BCUT2D eigenvalue weighted by Gasteiger charge is -2.31. The number of aliphatic hydroxyl groups is 1. The molecule has 3 aromatic rings. The number of sulfonamides is 2. The molecule has 0 heterocycles. The zero-order valence-corrected chi connectivity index (χ0v) is 20.8. The van der Waals surface area contributed by atoms with E-state index in [1.807, 2.05) is 13.0 Å². The highest BCUT2D eigenvalue weighted by Crippen LogP contribution is 2.32. The van der Waals surface area contributed by atoms with Crippen molar-refractivity contribution < 1.29 is 26.7 Å². The maximum absolute atomic E-state index is 13.6. The van der Waals surface area contributed by atoms with E-state index in [0.29, 0.717) is 11.4 Å². The van der Waals surface area contributed by atoms with Gasteiger partial charge in [-0.3, -0.25) is 8.61 Å². The molecular formula is C24H28N2O6S2. The number of hydrogen-bond acceptors (Lipinski definition) is 6. The van der Waals surface area contributed by atoms with E-state index < -0.39 is 32.7 Å². The molecule has 0 aliphatic carbocycles. The predicted molar refractivity (Wildman–Crippen MR) is 133 cm³/mol. The molecule has 0 aromatic heterocycles. The highest BCUT2D eigenvalue weighted by Gasteiger charge is 2.31. The third-order valence-electron chi connectivity index (χ3n) is 5.13. The Labute approximate surface area is 201 Å². The van der Waals surface area contributed by atoms with E-state index in [2.05, 4.69) is 0 Å². The van der Waals surface area contributed by atoms with E-state index in [1.54, 1.807) is 60.7 Å². The molecule has 0 aliphatic heterocycles. The lowest BCUT2D eigenvalue weighted by atomic mass is 10.2. The first-order valence-corrected chi connectivity index (χ1v) is 13.8. The molecule has 1 N–H and O–H groups in total. The topological polar surface area (TPSA) is 104 Å². The molecule has 0 saturated carbocycles. The van der Waals surface area contributed by atoms with Crippen LogP contribution in [0, 0.1) is 6.92 Å². The van der Waals surface area contributed by atoms with Crippen LogP contribution in [0.1, 0.15) is 5.56 Å². The molecule has 1 unspecified atom stereocenters. The van der Waals surface area contributed by atoms with Crippen LogP contribution >= 0.6 is 0 Å². The minimum absolute atomic E-state index is 0.0340. The summed E-state index contributed by atoms with van der Waals surface area (Å²) in [5.74, 6) is 0.299. The number of hydrogen-bond donors (Lipinski definition) is 1. The number of anilines is 2. The van der Waals surface area contributed by atoms with E-state index >= 15 is 0 Å². The van der Waals surface area contributed by atoms with Gasteiger partial charge in [-0.05, 0) is 48.9 Å². The van der Waals surface area contributed by atoms with E-state index in [0.717, 1.165) is 20.4 Å². The zero-order chi connectivity index (χ0) is 24.9. The van der Waals surface area contributed by atoms with Crippen molar-refractivity contribution in [1.82, 2.24) is 0 Å². The third-order valence-corrected chi connectivity index (χ3v) is 8.08. The van der Waals surface area contributed by atoms with Crippen LogP contribution in [0.4, 0.5) is 11.4 Å². The molecule has 0 fully saturated rings. The molecule has 3 rings (SSSR count). The van der Waals surface area contributed by atoms with E-state index in [4.69, 9.17) is 4.74 Å². The fraction of sp³-hybridized carbons (Fsp3) is 0.250. The third kappa shape index (κ3) is 5.88. The van der Waals surface area contributed by atoms with Crippen LogP contribution in [-0.4, -0.2) is 54.5 Å². The van der Waals surface area contributed by atoms with E-state index in [1.165, 1.54) is 19.2 Å². The number of nitrogens with zero attached hydrogens (tertiary/aromatic N) is 2. The largest absolute Gasteiger partial charge is 0.495 e. The fourth-order valence-corrected chi connectivity index (χ4v) is 6.01. The van der Waals surface area contributed by atoms with Crippen molar-refractivity contribution in [2.45, 2.75) is 17.9 Å². The lowest BCUT2D eigenvalue weighted by molar-refractivity contribution is 0.193. The first kappa shape index (κ1) is 25.5. The summed E-state index contributed by atoms with van der Waals surface area (Å²) in [5.41, 5.74) is 1.47. The van der Waals surface area contributed by atoms with Gasteiger partial charge in [-0.2, -0.15) is 0 Å². The maximum atomic E-state index is 13.6. The van der Waals surface area contributed by atoms with Crippen molar-refractivity contribution in [3.05, 3.63) is 84.4 Å². The van der Waals surface area contributed by atoms with Crippen molar-refractivity contribution in [1.29, 1.82) is 0 Å². The van der Waals surface area contributed by atoms with Gasteiger partial charge in [0.2, 0.25) is 10.0 Å². The Bertz CT molecular complexity index is 1330. The van der Waals surface area contributed by atoms with Gasteiger partial charge in [0.15, 0.2) is 0 Å². The van der Waals surface area contributed by atoms with Crippen molar-refractivity contribution >= 4 is 31.4 Å². The Balaban J connectivity index is 2.00. The molecule has 8 nitrogen and oxygen atoms in total. The van der Waals surface area contributed by atoms with E-state index in [-0.39, 0.29) is 17.1 Å². The second kappa shape index (κ2) is 10.5. The summed E-state index contributed by atoms with van der Waals surface area (Å²) in [7, 11) is -6.43. The van der Waals surface area contributed by atoms with Gasteiger partial charge in [0.1, 0.15) is 5.75 Å². The number of methoxy groups -OCH3 is 1. The number of aryl methyl sites for hydroxylation is 1. The van der Waals surface area contributed by atoms with Crippen LogP contribution in [0.5, 0.6) is 5.75 Å². The Morgan fingerprint density at radius 1 is 0.853 bits per heavy atom. The number of para-hydroxylation sites is 2. The standard InChI is InChI=1S/C24H28N2O6S2/c1-19-10-9-11-20(16-19)25(33(3,28)29)17-21(27)18-26(23-14-7-8-15-24(23)32-2)34(30,31)22-12-5-4-6-13-22/h4-16,21,27H,17-18H2,1-3H3. The van der Waals surface area contributed by atoms with Crippen LogP contribution in [0.15, 0.2) is 83.8 Å². The first-order valence-electron chi connectivity index (χ1n) is 10.5. The van der Waals surface area contributed by atoms with E-state index in [9.17, 15) is 21.9 Å². The molecule has 1 atom stereocenters. The van der Waals surface area contributed by atoms with Crippen LogP contribution in [-0.2, 0) is 20.0 Å². The first-order chi connectivity index (χ1) is 16.0. The van der Waals surface area contributed by atoms with Gasteiger partial charge in [-0.15, -0.1) is 0 Å². The van der Waals surface area contributed by atoms with Crippen molar-refractivity contribution in [3.8, 4) is 5.75 Å². The van der Waals surface area contributed by atoms with Crippen molar-refractivity contribution in [2.75, 3.05) is 35.1 Å². The molecule has 0 saturated heterocycles. The Kier molecular flexibility index (Phi) is 7.86. The lowest BCUT2D eigenvalue weighted by Crippen LogP contribution is -2.44. The molecule has 34 heavy (non-hydrogen) atoms. The summed E-state index contributed by atoms with van der Waals surface area (Å²) >= 11 is 0. The summed E-state index contributed by atoms with van der Waals surface area (Å²) < 4.78 is 59.6. The average Bonchev–Trinajstić information content (AvgIpc) is 2.80. The number of benzene rings is 3. The number of ether oxygens (including phenoxy) is 1. The average molecular weight is 505 g/mol. The zero-order valence-electron chi connectivity index (χ0n) is 19.2. The maximum Gasteiger partial charge on any atom is 0.264 e. The molecule has 182 valence electrons. The molecule has 0 amide bonds. The monoisotopic (exact) mass is 504 g/mol. The van der Waals surface area contributed by atoms with Gasteiger partial charge >= 0.3 is 0 Å². The smallest absolute Gasteiger partial charge is 0.264 e. The number of aliphatic hydroxyl groups excluding tert-OH is 1. The van der Waals surface area contributed by atoms with Crippen LogP contribution in [0.25, 0.3) is 0 Å². The fourth-order valence-electron chi connectivity index (χ4n) is 3.54. The molecule has 10 heteroatoms. The quantitative estimate of drug-likeness (QED) is 0.455. The number of rotatable bonds is 10. The van der Waals surface area contributed by atoms with Gasteiger partial charge in [0, 0.05) is 0 Å². The summed E-state index contributed by atoms with van der Waals surface area (Å²) in [5, 5.41) is 11.0. The second-order valence-electron chi connectivity index (χ2n) is 7.81. The molecular weight excluding hydrogens is 476 g/mol. The predicted octanol–water partition coefficient (Wildman–Crippen LogP) is 3.03. The minimum Gasteiger partial charge on any atom is -0.495 e.